The number of nitrogens with two attached hydrogens (primary N) is 2. The van der Waals surface area contributed by atoms with E-state index in [9.17, 15) is 0 Å². The van der Waals surface area contributed by atoms with Gasteiger partial charge in [0.05, 0.1) is 0 Å². The lowest BCUT2D eigenvalue weighted by atomic mass is 10.2. The molecule has 0 atom stereocenters. The van der Waals surface area contributed by atoms with Gasteiger partial charge in [0.15, 0.2) is 0 Å². The molecule has 5 N–H and O–H groups in total. The number of hydrogen-bond acceptors (Lipinski definition) is 3. The Bertz CT molecular complexity index is 251. The third-order valence-corrected chi connectivity index (χ3v) is 2.29. The molecule has 0 aliphatic heterocycles. The van der Waals surface area contributed by atoms with E-state index in [0.29, 0.717) is 0 Å². The summed E-state index contributed by atoms with van der Waals surface area (Å²) < 4.78 is 0. The van der Waals surface area contributed by atoms with Crippen LogP contribution in [0.25, 0.3) is 0 Å². The van der Waals surface area contributed by atoms with Crippen molar-refractivity contribution in [3.8, 4) is 0 Å². The number of rotatable bonds is 6. The van der Waals surface area contributed by atoms with Crippen molar-refractivity contribution in [1.29, 1.82) is 0 Å². The van der Waals surface area contributed by atoms with E-state index in [-0.39, 0.29) is 0 Å². The molecule has 1 rings (SSSR count). The van der Waals surface area contributed by atoms with Gasteiger partial charge >= 0.3 is 0 Å². The molecule has 0 saturated carbocycles. The molecule has 1 aromatic carbocycles. The summed E-state index contributed by atoms with van der Waals surface area (Å²) in [4.78, 5) is 0. The minimum atomic E-state index is 0.773. The fourth-order valence-corrected chi connectivity index (χ4v) is 1.39. The maximum Gasteiger partial charge on any atom is -0.00369 e. The normalized spacial score (nSPS) is 9.65. The predicted molar refractivity (Wildman–Crippen MR) is 76.1 cm³/mol. The lowest BCUT2D eigenvalue weighted by Gasteiger charge is -2.00. The van der Waals surface area contributed by atoms with Crippen LogP contribution in [0, 0.1) is 13.8 Å². The number of aryl methyl sites for hydroxylation is 2. The zero-order valence-corrected chi connectivity index (χ0v) is 11.2. The second-order valence-electron chi connectivity index (χ2n) is 4.19. The van der Waals surface area contributed by atoms with Crippen LogP contribution in [-0.4, -0.2) is 26.2 Å². The average molecular weight is 237 g/mol. The van der Waals surface area contributed by atoms with Crippen molar-refractivity contribution in [3.05, 3.63) is 35.4 Å². The zero-order valence-electron chi connectivity index (χ0n) is 11.2. The molecule has 0 heterocycles. The molecule has 1 aromatic rings. The molecule has 0 aliphatic rings. The van der Waals surface area contributed by atoms with Crippen LogP contribution in [0.1, 0.15) is 24.0 Å². The summed E-state index contributed by atoms with van der Waals surface area (Å²) >= 11 is 0. The Balaban J connectivity index is 0.000000302. The van der Waals surface area contributed by atoms with Gasteiger partial charge in [-0.3, -0.25) is 0 Å². The van der Waals surface area contributed by atoms with E-state index >= 15 is 0 Å². The van der Waals surface area contributed by atoms with E-state index in [4.69, 9.17) is 11.5 Å². The molecular formula is C14H27N3. The van der Waals surface area contributed by atoms with E-state index < -0.39 is 0 Å². The first-order valence-electron chi connectivity index (χ1n) is 6.34. The van der Waals surface area contributed by atoms with Gasteiger partial charge in [-0.15, -0.1) is 0 Å². The zero-order chi connectivity index (χ0) is 12.9. The summed E-state index contributed by atoms with van der Waals surface area (Å²) in [6.07, 6.45) is 2.12. The highest BCUT2D eigenvalue weighted by Gasteiger charge is 1.83. The van der Waals surface area contributed by atoms with Crippen LogP contribution in [0.5, 0.6) is 0 Å². The van der Waals surface area contributed by atoms with Crippen LogP contribution in [0.15, 0.2) is 24.3 Å². The molecular weight excluding hydrogens is 210 g/mol. The van der Waals surface area contributed by atoms with E-state index in [2.05, 4.69) is 43.4 Å². The monoisotopic (exact) mass is 237 g/mol. The Morgan fingerprint density at radius 2 is 1.41 bits per heavy atom. The van der Waals surface area contributed by atoms with Crippen LogP contribution < -0.4 is 16.8 Å². The van der Waals surface area contributed by atoms with Gasteiger partial charge in [-0.25, -0.2) is 0 Å². The lowest BCUT2D eigenvalue weighted by Crippen LogP contribution is -2.21. The fourth-order valence-electron chi connectivity index (χ4n) is 1.39. The molecule has 0 unspecified atom stereocenters. The van der Waals surface area contributed by atoms with Crippen LogP contribution in [0.3, 0.4) is 0 Å². The van der Waals surface area contributed by atoms with Crippen molar-refractivity contribution in [2.45, 2.75) is 26.7 Å². The van der Waals surface area contributed by atoms with Crippen molar-refractivity contribution in [1.82, 2.24) is 5.32 Å². The number of benzene rings is 1. The Hall–Kier alpha value is -0.900. The Labute approximate surface area is 106 Å². The minimum Gasteiger partial charge on any atom is -0.330 e. The standard InChI is InChI=1S/C8H10.C6H17N3/c1-7-4-3-5-8(2)6-7;7-3-1-5-9-6-2-4-8/h3-6H,1-2H3;9H,1-8H2. The molecule has 3 nitrogen and oxygen atoms in total. The molecule has 0 bridgehead atoms. The lowest BCUT2D eigenvalue weighted by molar-refractivity contribution is 0.631. The van der Waals surface area contributed by atoms with Crippen molar-refractivity contribution in [2.75, 3.05) is 26.2 Å². The fraction of sp³-hybridized carbons (Fsp3) is 0.571. The Morgan fingerprint density at radius 3 is 1.71 bits per heavy atom. The molecule has 0 amide bonds. The average Bonchev–Trinajstić information content (AvgIpc) is 2.29. The molecule has 0 fully saturated rings. The summed E-state index contributed by atoms with van der Waals surface area (Å²) in [5.74, 6) is 0. The summed E-state index contributed by atoms with van der Waals surface area (Å²) in [5, 5.41) is 3.23. The maximum atomic E-state index is 5.28. The van der Waals surface area contributed by atoms with Crippen LogP contribution in [0.4, 0.5) is 0 Å². The quantitative estimate of drug-likeness (QED) is 0.658. The Morgan fingerprint density at radius 1 is 0.941 bits per heavy atom. The van der Waals surface area contributed by atoms with E-state index in [1.807, 2.05) is 0 Å². The molecule has 0 aromatic heterocycles. The molecule has 0 spiro atoms. The van der Waals surface area contributed by atoms with Crippen molar-refractivity contribution < 1.29 is 0 Å². The van der Waals surface area contributed by atoms with Gasteiger partial charge in [-0.05, 0) is 52.9 Å². The van der Waals surface area contributed by atoms with Gasteiger partial charge in [-0.1, -0.05) is 35.4 Å². The molecule has 17 heavy (non-hydrogen) atoms. The van der Waals surface area contributed by atoms with Crippen molar-refractivity contribution in [2.24, 2.45) is 11.5 Å². The second-order valence-corrected chi connectivity index (χ2v) is 4.19. The largest absolute Gasteiger partial charge is 0.330 e. The van der Waals surface area contributed by atoms with Gasteiger partial charge in [-0.2, -0.15) is 0 Å². The summed E-state index contributed by atoms with van der Waals surface area (Å²) in [7, 11) is 0. The van der Waals surface area contributed by atoms with Gasteiger partial charge in [0, 0.05) is 0 Å². The third kappa shape index (κ3) is 11.4. The minimum absolute atomic E-state index is 0.773. The van der Waals surface area contributed by atoms with Gasteiger partial charge < -0.3 is 16.8 Å². The maximum absolute atomic E-state index is 5.28. The van der Waals surface area contributed by atoms with E-state index in [0.717, 1.165) is 39.0 Å². The SMILES string of the molecule is Cc1cccc(C)c1.NCCCNCCCN. The first kappa shape index (κ1) is 16.1. The Kier molecular flexibility index (Phi) is 11.0. The molecule has 0 saturated heterocycles. The molecule has 0 radical (unpaired) electrons. The number of nitrogens with one attached hydrogen (secondary N) is 1. The first-order valence-corrected chi connectivity index (χ1v) is 6.34. The second kappa shape index (κ2) is 11.6. The van der Waals surface area contributed by atoms with Crippen LogP contribution in [0.2, 0.25) is 0 Å². The molecule has 3 heteroatoms. The summed E-state index contributed by atoms with van der Waals surface area (Å²) in [6.45, 7) is 7.80. The van der Waals surface area contributed by atoms with Crippen molar-refractivity contribution >= 4 is 0 Å². The highest BCUT2D eigenvalue weighted by Crippen LogP contribution is 2.00. The highest BCUT2D eigenvalue weighted by atomic mass is 14.8. The van der Waals surface area contributed by atoms with E-state index in [1.165, 1.54) is 11.1 Å². The summed E-state index contributed by atoms with van der Waals surface area (Å²) in [6, 6.07) is 8.45. The third-order valence-electron chi connectivity index (χ3n) is 2.29. The molecule has 98 valence electrons. The van der Waals surface area contributed by atoms with Gasteiger partial charge in [0.2, 0.25) is 0 Å². The topological polar surface area (TPSA) is 64.1 Å². The molecule has 0 aliphatic carbocycles. The summed E-state index contributed by atoms with van der Waals surface area (Å²) in [5.41, 5.74) is 13.2. The van der Waals surface area contributed by atoms with E-state index in [1.54, 1.807) is 0 Å². The highest BCUT2D eigenvalue weighted by molar-refractivity contribution is 5.20. The van der Waals surface area contributed by atoms with Crippen LogP contribution >= 0.6 is 0 Å². The van der Waals surface area contributed by atoms with Crippen molar-refractivity contribution in [3.63, 3.8) is 0 Å². The first-order chi connectivity index (χ1) is 8.20. The van der Waals surface area contributed by atoms with Gasteiger partial charge in [0.1, 0.15) is 0 Å². The van der Waals surface area contributed by atoms with Gasteiger partial charge in [0.25, 0.3) is 0 Å². The predicted octanol–water partition coefficient (Wildman–Crippen LogP) is 1.58. The van der Waals surface area contributed by atoms with Crippen LogP contribution in [-0.2, 0) is 0 Å². The number of hydrogen-bond donors (Lipinski definition) is 3. The smallest absolute Gasteiger partial charge is 0.00369 e.